The van der Waals surface area contributed by atoms with E-state index in [4.69, 9.17) is 9.72 Å². The van der Waals surface area contributed by atoms with Gasteiger partial charge in [0.25, 0.3) is 0 Å². The van der Waals surface area contributed by atoms with E-state index in [2.05, 4.69) is 59.3 Å². The number of carbonyl (C=O) groups is 1. The molecule has 1 saturated heterocycles. The number of aromatic nitrogens is 2. The van der Waals surface area contributed by atoms with Gasteiger partial charge < -0.3 is 14.6 Å². The molecular formula is C28H34N4O2. The lowest BCUT2D eigenvalue weighted by atomic mass is 9.68. The highest BCUT2D eigenvalue weighted by Gasteiger charge is 2.41. The normalized spacial score (nSPS) is 21.9. The van der Waals surface area contributed by atoms with Crippen molar-refractivity contribution in [3.63, 3.8) is 0 Å². The summed E-state index contributed by atoms with van der Waals surface area (Å²) in [5.74, 6) is 1.14. The molecule has 6 rings (SSSR count). The minimum atomic E-state index is -0.288. The number of rotatable bonds is 3. The van der Waals surface area contributed by atoms with E-state index in [1.807, 2.05) is 4.90 Å². The molecule has 6 nitrogen and oxygen atoms in total. The molecule has 34 heavy (non-hydrogen) atoms. The van der Waals surface area contributed by atoms with Gasteiger partial charge in [-0.05, 0) is 68.6 Å². The molecule has 1 amide bonds. The van der Waals surface area contributed by atoms with Crippen LogP contribution in [0.25, 0.3) is 11.0 Å². The van der Waals surface area contributed by atoms with E-state index in [0.717, 1.165) is 36.3 Å². The molecule has 3 aromatic rings. The summed E-state index contributed by atoms with van der Waals surface area (Å²) >= 11 is 0. The van der Waals surface area contributed by atoms with Crippen LogP contribution in [0.5, 0.6) is 0 Å². The number of hydrogen-bond acceptors (Lipinski definition) is 4. The third-order valence-corrected chi connectivity index (χ3v) is 8.48. The summed E-state index contributed by atoms with van der Waals surface area (Å²) in [5.41, 5.74) is 6.24. The summed E-state index contributed by atoms with van der Waals surface area (Å²) in [6.07, 6.45) is 7.37. The summed E-state index contributed by atoms with van der Waals surface area (Å²) in [7, 11) is 1.46. The first kappa shape index (κ1) is 21.7. The van der Waals surface area contributed by atoms with E-state index in [1.54, 1.807) is 0 Å². The Morgan fingerprint density at radius 3 is 2.56 bits per heavy atom. The van der Waals surface area contributed by atoms with Crippen LogP contribution in [0.15, 0.2) is 42.5 Å². The number of anilines is 1. The Morgan fingerprint density at radius 1 is 1.12 bits per heavy atom. The summed E-state index contributed by atoms with van der Waals surface area (Å²) in [6, 6.07) is 15.6. The molecule has 1 N–H and O–H groups in total. The molecule has 1 atom stereocenters. The number of methoxy groups -OCH3 is 1. The van der Waals surface area contributed by atoms with Crippen molar-refractivity contribution in [3.05, 3.63) is 59.4 Å². The predicted molar refractivity (Wildman–Crippen MR) is 134 cm³/mol. The van der Waals surface area contributed by atoms with E-state index < -0.39 is 0 Å². The molecule has 2 aromatic carbocycles. The lowest BCUT2D eigenvalue weighted by Crippen LogP contribution is -2.54. The van der Waals surface area contributed by atoms with Gasteiger partial charge in [-0.25, -0.2) is 9.78 Å². The number of aryl methyl sites for hydroxylation is 1. The fourth-order valence-electron chi connectivity index (χ4n) is 6.44. The maximum atomic E-state index is 12.6. The number of imidazole rings is 1. The van der Waals surface area contributed by atoms with Crippen molar-refractivity contribution in [2.45, 2.75) is 64.0 Å². The highest BCUT2D eigenvalue weighted by Crippen LogP contribution is 2.45. The van der Waals surface area contributed by atoms with Crippen LogP contribution in [0.1, 0.15) is 62.0 Å². The molecule has 1 saturated carbocycles. The van der Waals surface area contributed by atoms with Gasteiger partial charge in [0.1, 0.15) is 5.82 Å². The maximum absolute atomic E-state index is 12.6. The number of carbonyl (C=O) groups excluding carboxylic acids is 1. The lowest BCUT2D eigenvalue weighted by molar-refractivity contribution is 0.0845. The topological polar surface area (TPSA) is 59.4 Å². The Hall–Kier alpha value is -2.86. The van der Waals surface area contributed by atoms with Crippen molar-refractivity contribution in [3.8, 4) is 0 Å². The van der Waals surface area contributed by atoms with Gasteiger partial charge in [-0.15, -0.1) is 0 Å². The second kappa shape index (κ2) is 8.42. The van der Waals surface area contributed by atoms with Gasteiger partial charge in [-0.1, -0.05) is 30.3 Å². The third kappa shape index (κ3) is 3.50. The molecule has 3 aliphatic rings. The average Bonchev–Trinajstić information content (AvgIpc) is 3.21. The Morgan fingerprint density at radius 2 is 1.88 bits per heavy atom. The van der Waals surface area contributed by atoms with E-state index in [0.29, 0.717) is 11.5 Å². The second-order valence-corrected chi connectivity index (χ2v) is 10.6. The van der Waals surface area contributed by atoms with Gasteiger partial charge >= 0.3 is 6.09 Å². The molecule has 0 radical (unpaired) electrons. The third-order valence-electron chi connectivity index (χ3n) is 8.48. The Bertz CT molecular complexity index is 1200. The van der Waals surface area contributed by atoms with Gasteiger partial charge in [-0.2, -0.15) is 0 Å². The molecule has 1 spiro atoms. The standard InChI is InChI=1S/C28H34N4O2/c1-19-8-9-22-23(31(19)27(33)34-2)10-11-24-26(22)30-25(16-20-6-4-3-5-7-20)32(24)21-12-14-28(15-13-21)17-29-18-28/h3-7,10-11,19,21,29H,8-9,12-18H2,1-2H3/t19-/m0/s1. The van der Waals surface area contributed by atoms with E-state index >= 15 is 0 Å². The molecule has 0 bridgehead atoms. The van der Waals surface area contributed by atoms with Crippen molar-refractivity contribution in [2.24, 2.45) is 5.41 Å². The van der Waals surface area contributed by atoms with Crippen molar-refractivity contribution in [1.29, 1.82) is 0 Å². The summed E-state index contributed by atoms with van der Waals surface area (Å²) in [4.78, 5) is 19.7. The fraction of sp³-hybridized carbons (Fsp3) is 0.500. The average molecular weight is 459 g/mol. The second-order valence-electron chi connectivity index (χ2n) is 10.6. The van der Waals surface area contributed by atoms with E-state index in [9.17, 15) is 4.79 Å². The minimum absolute atomic E-state index is 0.119. The lowest BCUT2D eigenvalue weighted by Gasteiger charge is -2.47. The van der Waals surface area contributed by atoms with Crippen LogP contribution in [0, 0.1) is 5.41 Å². The predicted octanol–water partition coefficient (Wildman–Crippen LogP) is 5.24. The maximum Gasteiger partial charge on any atom is 0.414 e. The highest BCUT2D eigenvalue weighted by atomic mass is 16.5. The van der Waals surface area contributed by atoms with Crippen molar-refractivity contribution in [2.75, 3.05) is 25.1 Å². The Balaban J connectivity index is 1.45. The molecule has 1 aromatic heterocycles. The monoisotopic (exact) mass is 458 g/mol. The fourth-order valence-corrected chi connectivity index (χ4v) is 6.44. The van der Waals surface area contributed by atoms with Gasteiger partial charge in [0.15, 0.2) is 0 Å². The zero-order chi connectivity index (χ0) is 23.3. The molecule has 3 heterocycles. The largest absolute Gasteiger partial charge is 0.452 e. The first-order valence-corrected chi connectivity index (χ1v) is 12.7. The number of benzene rings is 2. The van der Waals surface area contributed by atoms with Crippen LogP contribution in [-0.4, -0.2) is 41.9 Å². The SMILES string of the molecule is COC(=O)N1c2ccc3c(nc(Cc4ccccc4)n3C3CCC4(CC3)CNC4)c2CC[C@@H]1C. The van der Waals surface area contributed by atoms with Crippen molar-refractivity contribution >= 4 is 22.8 Å². The number of fused-ring (bicyclic) bond motifs is 3. The van der Waals surface area contributed by atoms with Crippen LogP contribution >= 0.6 is 0 Å². The van der Waals surface area contributed by atoms with Crippen molar-refractivity contribution < 1.29 is 9.53 Å². The zero-order valence-corrected chi connectivity index (χ0v) is 20.2. The van der Waals surface area contributed by atoms with Crippen LogP contribution < -0.4 is 10.2 Å². The molecule has 2 aliphatic heterocycles. The van der Waals surface area contributed by atoms with Gasteiger partial charge in [0, 0.05) is 37.2 Å². The summed E-state index contributed by atoms with van der Waals surface area (Å²) in [5, 5.41) is 3.49. The first-order chi connectivity index (χ1) is 16.6. The van der Waals surface area contributed by atoms with Crippen LogP contribution in [0.4, 0.5) is 10.5 Å². The number of nitrogens with one attached hydrogen (secondary N) is 1. The van der Waals surface area contributed by atoms with Crippen LogP contribution in [0.2, 0.25) is 0 Å². The number of nitrogens with zero attached hydrogens (tertiary/aromatic N) is 3. The zero-order valence-electron chi connectivity index (χ0n) is 20.2. The minimum Gasteiger partial charge on any atom is -0.452 e. The Labute approximate surface area is 201 Å². The highest BCUT2D eigenvalue weighted by molar-refractivity contribution is 5.95. The summed E-state index contributed by atoms with van der Waals surface area (Å²) in [6.45, 7) is 4.45. The Kier molecular flexibility index (Phi) is 5.36. The van der Waals surface area contributed by atoms with Crippen LogP contribution in [-0.2, 0) is 17.6 Å². The molecular weight excluding hydrogens is 424 g/mol. The number of amides is 1. The molecule has 1 aliphatic carbocycles. The van der Waals surface area contributed by atoms with E-state index in [1.165, 1.54) is 62.5 Å². The van der Waals surface area contributed by atoms with Gasteiger partial charge in [0.2, 0.25) is 0 Å². The van der Waals surface area contributed by atoms with Gasteiger partial charge in [0.05, 0.1) is 23.8 Å². The molecule has 2 fully saturated rings. The smallest absolute Gasteiger partial charge is 0.414 e. The number of hydrogen-bond donors (Lipinski definition) is 1. The van der Waals surface area contributed by atoms with Gasteiger partial charge in [-0.3, -0.25) is 4.90 Å². The van der Waals surface area contributed by atoms with Crippen molar-refractivity contribution in [1.82, 2.24) is 14.9 Å². The van der Waals surface area contributed by atoms with E-state index in [-0.39, 0.29) is 12.1 Å². The number of ether oxygens (including phenoxy) is 1. The molecule has 0 unspecified atom stereocenters. The summed E-state index contributed by atoms with van der Waals surface area (Å²) < 4.78 is 7.67. The molecule has 178 valence electrons. The first-order valence-electron chi connectivity index (χ1n) is 12.7. The van der Waals surface area contributed by atoms with Crippen LogP contribution in [0.3, 0.4) is 0 Å². The molecule has 6 heteroatoms. The quantitative estimate of drug-likeness (QED) is 0.583.